The largest absolute Gasteiger partial charge is 0.456 e. The molecular formula is C16H19N3O4S2. The number of hydrogen-bond donors (Lipinski definition) is 0. The Morgan fingerprint density at radius 1 is 1.32 bits per heavy atom. The number of nitrogens with zero attached hydrogens (tertiary/aromatic N) is 3. The fraction of sp³-hybridized carbons (Fsp3) is 0.500. The highest BCUT2D eigenvalue weighted by Crippen LogP contribution is 2.35. The van der Waals surface area contributed by atoms with E-state index in [-0.39, 0.29) is 24.1 Å². The second kappa shape index (κ2) is 5.93. The van der Waals surface area contributed by atoms with Gasteiger partial charge in [0.25, 0.3) is 5.91 Å². The molecule has 0 N–H and O–H groups in total. The molecule has 2 fully saturated rings. The van der Waals surface area contributed by atoms with Crippen molar-refractivity contribution in [2.45, 2.75) is 25.6 Å². The number of rotatable bonds is 3. The van der Waals surface area contributed by atoms with E-state index in [2.05, 4.69) is 4.98 Å². The van der Waals surface area contributed by atoms with E-state index in [4.69, 9.17) is 4.42 Å². The van der Waals surface area contributed by atoms with Crippen LogP contribution in [0.3, 0.4) is 0 Å². The van der Waals surface area contributed by atoms with Crippen molar-refractivity contribution < 1.29 is 17.6 Å². The molecule has 25 heavy (non-hydrogen) atoms. The maximum Gasteiger partial charge on any atom is 0.289 e. The van der Waals surface area contributed by atoms with Crippen LogP contribution >= 0.6 is 11.3 Å². The molecule has 0 bridgehead atoms. The summed E-state index contributed by atoms with van der Waals surface area (Å²) >= 11 is 1.52. The molecule has 2 aliphatic heterocycles. The molecule has 0 radical (unpaired) electrons. The van der Waals surface area contributed by atoms with Crippen LogP contribution < -0.4 is 0 Å². The van der Waals surface area contributed by atoms with Crippen LogP contribution in [0.2, 0.25) is 0 Å². The van der Waals surface area contributed by atoms with Gasteiger partial charge < -0.3 is 9.32 Å². The average Bonchev–Trinajstić information content (AvgIpc) is 3.29. The molecule has 7 nitrogen and oxygen atoms in total. The van der Waals surface area contributed by atoms with E-state index >= 15 is 0 Å². The van der Waals surface area contributed by atoms with Crippen LogP contribution in [-0.4, -0.2) is 53.4 Å². The number of carbonyl (C=O) groups is 1. The van der Waals surface area contributed by atoms with Gasteiger partial charge in [-0.1, -0.05) is 0 Å². The molecule has 2 saturated heterocycles. The van der Waals surface area contributed by atoms with Gasteiger partial charge in [-0.05, 0) is 26.0 Å². The number of aromatic nitrogens is 1. The minimum atomic E-state index is -3.42. The van der Waals surface area contributed by atoms with Crippen LogP contribution in [0.4, 0.5) is 0 Å². The van der Waals surface area contributed by atoms with Crippen molar-refractivity contribution in [3.8, 4) is 0 Å². The smallest absolute Gasteiger partial charge is 0.289 e. The molecule has 0 aromatic carbocycles. The summed E-state index contributed by atoms with van der Waals surface area (Å²) in [7, 11) is -3.42. The van der Waals surface area contributed by atoms with Crippen molar-refractivity contribution in [2.75, 3.05) is 19.6 Å². The molecule has 0 unspecified atom stereocenters. The second-order valence-electron chi connectivity index (χ2n) is 6.61. The monoisotopic (exact) mass is 381 g/mol. The van der Waals surface area contributed by atoms with Crippen LogP contribution in [-0.2, 0) is 16.6 Å². The first kappa shape index (κ1) is 16.7. The summed E-state index contributed by atoms with van der Waals surface area (Å²) in [5.74, 6) is 0.633. The molecular weight excluding hydrogens is 362 g/mol. The molecule has 134 valence electrons. The zero-order valence-electron chi connectivity index (χ0n) is 14.0. The minimum absolute atomic E-state index is 0.0651. The van der Waals surface area contributed by atoms with E-state index in [9.17, 15) is 13.2 Å². The number of thiazole rings is 1. The van der Waals surface area contributed by atoms with Gasteiger partial charge in [-0.15, -0.1) is 11.3 Å². The third-order valence-electron chi connectivity index (χ3n) is 4.80. The zero-order chi connectivity index (χ0) is 17.8. The van der Waals surface area contributed by atoms with Crippen LogP contribution in [0.5, 0.6) is 0 Å². The van der Waals surface area contributed by atoms with Gasteiger partial charge in [0.1, 0.15) is 5.76 Å². The van der Waals surface area contributed by atoms with Gasteiger partial charge in [0.05, 0.1) is 22.5 Å². The number of amides is 1. The predicted molar refractivity (Wildman–Crippen MR) is 92.8 cm³/mol. The molecule has 2 atom stereocenters. The highest BCUT2D eigenvalue weighted by Gasteiger charge is 2.52. The topological polar surface area (TPSA) is 83.7 Å². The molecule has 2 aliphatic rings. The van der Waals surface area contributed by atoms with E-state index in [1.165, 1.54) is 15.6 Å². The number of sulfonamides is 1. The lowest BCUT2D eigenvalue weighted by Crippen LogP contribution is -2.36. The van der Waals surface area contributed by atoms with Crippen molar-refractivity contribution in [1.82, 2.24) is 14.2 Å². The van der Waals surface area contributed by atoms with Gasteiger partial charge in [-0.2, -0.15) is 4.31 Å². The Labute approximate surface area is 150 Å². The summed E-state index contributed by atoms with van der Waals surface area (Å²) in [4.78, 5) is 18.4. The van der Waals surface area contributed by atoms with Crippen LogP contribution in [0.1, 0.15) is 27.0 Å². The Morgan fingerprint density at radius 2 is 2.12 bits per heavy atom. The van der Waals surface area contributed by atoms with Crippen LogP contribution in [0.15, 0.2) is 21.9 Å². The standard InChI is InChI=1S/C16H19N3O4S2/c1-10-3-4-14(23-10)16(20)18-5-12-6-19(25(21,22)15(12)8-18)7-13-9-24-11(2)17-13/h3-4,9,12,15H,5-8H2,1-2H3/t12-,15+/m0/s1. The Balaban J connectivity index is 1.48. The van der Waals surface area contributed by atoms with Crippen molar-refractivity contribution in [3.05, 3.63) is 39.7 Å². The number of fused-ring (bicyclic) bond motifs is 1. The van der Waals surface area contributed by atoms with Gasteiger partial charge >= 0.3 is 0 Å². The first-order valence-corrected chi connectivity index (χ1v) is 10.5. The first-order chi connectivity index (χ1) is 11.8. The van der Waals surface area contributed by atoms with E-state index < -0.39 is 15.3 Å². The van der Waals surface area contributed by atoms with E-state index in [1.54, 1.807) is 24.0 Å². The molecule has 4 heterocycles. The van der Waals surface area contributed by atoms with Crippen molar-refractivity contribution >= 4 is 27.3 Å². The lowest BCUT2D eigenvalue weighted by molar-refractivity contribution is 0.0751. The minimum Gasteiger partial charge on any atom is -0.456 e. The molecule has 2 aromatic heterocycles. The Bertz CT molecular complexity index is 917. The van der Waals surface area contributed by atoms with Gasteiger partial charge in [-0.3, -0.25) is 4.79 Å². The highest BCUT2D eigenvalue weighted by molar-refractivity contribution is 7.90. The number of aryl methyl sites for hydroxylation is 2. The number of likely N-dealkylation sites (tertiary alicyclic amines) is 1. The molecule has 9 heteroatoms. The third kappa shape index (κ3) is 2.90. The molecule has 0 aliphatic carbocycles. The summed E-state index contributed by atoms with van der Waals surface area (Å²) in [6.45, 7) is 5.09. The molecule has 1 amide bonds. The summed E-state index contributed by atoms with van der Waals surface area (Å²) < 4.78 is 32.6. The zero-order valence-corrected chi connectivity index (χ0v) is 15.6. The molecule has 0 spiro atoms. The summed E-state index contributed by atoms with van der Waals surface area (Å²) in [6.07, 6.45) is 0. The fourth-order valence-corrected chi connectivity index (χ4v) is 6.32. The maximum atomic E-state index is 12.8. The Hall–Kier alpha value is -1.71. The SMILES string of the molecule is Cc1ccc(C(=O)N2C[C@H]3CN(Cc4csc(C)n4)S(=O)(=O)[C@@H]3C2)o1. The first-order valence-electron chi connectivity index (χ1n) is 8.10. The lowest BCUT2D eigenvalue weighted by Gasteiger charge is -2.20. The maximum absolute atomic E-state index is 12.8. The Kier molecular flexibility index (Phi) is 3.97. The molecule has 0 saturated carbocycles. The van der Waals surface area contributed by atoms with E-state index in [0.717, 1.165) is 10.7 Å². The summed E-state index contributed by atoms with van der Waals surface area (Å²) in [5.41, 5.74) is 0.782. The van der Waals surface area contributed by atoms with Crippen molar-refractivity contribution in [2.24, 2.45) is 5.92 Å². The number of hydrogen-bond acceptors (Lipinski definition) is 6. The summed E-state index contributed by atoms with van der Waals surface area (Å²) in [5, 5.41) is 2.29. The van der Waals surface area contributed by atoms with Gasteiger partial charge in [0, 0.05) is 30.9 Å². The van der Waals surface area contributed by atoms with Crippen LogP contribution in [0.25, 0.3) is 0 Å². The van der Waals surface area contributed by atoms with Gasteiger partial charge in [0.2, 0.25) is 10.0 Å². The van der Waals surface area contributed by atoms with Crippen molar-refractivity contribution in [3.63, 3.8) is 0 Å². The van der Waals surface area contributed by atoms with Gasteiger partial charge in [-0.25, -0.2) is 13.4 Å². The number of carbonyl (C=O) groups excluding carboxylic acids is 1. The average molecular weight is 381 g/mol. The normalized spacial score (nSPS) is 25.4. The van der Waals surface area contributed by atoms with E-state index in [0.29, 0.717) is 25.4 Å². The lowest BCUT2D eigenvalue weighted by atomic mass is 10.1. The fourth-order valence-electron chi connectivity index (χ4n) is 3.60. The highest BCUT2D eigenvalue weighted by atomic mass is 32.2. The second-order valence-corrected chi connectivity index (χ2v) is 9.83. The van der Waals surface area contributed by atoms with Crippen LogP contribution in [0, 0.1) is 19.8 Å². The predicted octanol–water partition coefficient (Wildman–Crippen LogP) is 1.64. The quantitative estimate of drug-likeness (QED) is 0.807. The molecule has 4 rings (SSSR count). The molecule has 2 aromatic rings. The third-order valence-corrected chi connectivity index (χ3v) is 7.92. The Morgan fingerprint density at radius 3 is 2.72 bits per heavy atom. The summed E-state index contributed by atoms with van der Waals surface area (Å²) in [6, 6.07) is 3.37. The van der Waals surface area contributed by atoms with Crippen molar-refractivity contribution in [1.29, 1.82) is 0 Å². The number of furan rings is 1. The van der Waals surface area contributed by atoms with E-state index in [1.807, 2.05) is 12.3 Å². The van der Waals surface area contributed by atoms with Gasteiger partial charge in [0.15, 0.2) is 5.76 Å².